The third-order valence-corrected chi connectivity index (χ3v) is 4.74. The quantitative estimate of drug-likeness (QED) is 0.437. The highest BCUT2D eigenvalue weighted by Gasteiger charge is 2.38. The molecule has 0 aliphatic carbocycles. The summed E-state index contributed by atoms with van der Waals surface area (Å²) in [6.45, 7) is 1.67. The summed E-state index contributed by atoms with van der Waals surface area (Å²) in [7, 11) is 0. The normalized spacial score (nSPS) is 10.9. The van der Waals surface area contributed by atoms with Crippen LogP contribution in [0.4, 0.5) is 13.2 Å². The Morgan fingerprint density at radius 2 is 1.59 bits per heavy atom. The summed E-state index contributed by atoms with van der Waals surface area (Å²) in [6.07, 6.45) is -0.987. The van der Waals surface area contributed by atoms with Crippen molar-refractivity contribution >= 4 is 17.8 Å². The molecule has 4 aromatic rings. The maximum atomic E-state index is 13.5. The summed E-state index contributed by atoms with van der Waals surface area (Å²) < 4.78 is 42.9. The molecule has 164 valence electrons. The highest BCUT2D eigenvalue weighted by atomic mass is 35.5. The Morgan fingerprint density at radius 1 is 1.00 bits per heavy atom. The topological polar surface area (TPSA) is 82.7 Å². The van der Waals surface area contributed by atoms with Crippen LogP contribution < -0.4 is 0 Å². The lowest BCUT2D eigenvalue weighted by Crippen LogP contribution is -2.15. The second-order valence-electron chi connectivity index (χ2n) is 6.44. The Hall–Kier alpha value is -3.75. The molecule has 11 heteroatoms. The maximum Gasteiger partial charge on any atom is 0.433 e. The van der Waals surface area contributed by atoms with E-state index >= 15 is 0 Å². The minimum atomic E-state index is -4.48. The summed E-state index contributed by atoms with van der Waals surface area (Å²) in [6, 6.07) is 13.7. The highest BCUT2D eigenvalue weighted by Crippen LogP contribution is 2.34. The molecule has 2 heterocycles. The molecule has 0 unspecified atom stereocenters. The van der Waals surface area contributed by atoms with Crippen molar-refractivity contribution in [2.45, 2.75) is 19.5 Å². The van der Waals surface area contributed by atoms with Crippen LogP contribution >= 0.6 is 11.6 Å². The lowest BCUT2D eigenvalue weighted by molar-refractivity contribution is -0.191. The van der Waals surface area contributed by atoms with Crippen molar-refractivity contribution in [3.8, 4) is 22.6 Å². The van der Waals surface area contributed by atoms with Crippen LogP contribution in [0.5, 0.6) is 0 Å². The highest BCUT2D eigenvalue weighted by molar-refractivity contribution is 6.30. The zero-order valence-electron chi connectivity index (χ0n) is 16.5. The molecule has 0 radical (unpaired) electrons. The fourth-order valence-corrected chi connectivity index (χ4v) is 3.15. The number of benzene rings is 2. The fourth-order valence-electron chi connectivity index (χ4n) is 3.03. The van der Waals surface area contributed by atoms with Gasteiger partial charge in [-0.2, -0.15) is 27.9 Å². The first-order valence-corrected chi connectivity index (χ1v) is 9.58. The van der Waals surface area contributed by atoms with Crippen LogP contribution in [0, 0.1) is 0 Å². The number of carbonyl (C=O) groups excluding carboxylic acids is 2. The average Bonchev–Trinajstić information content (AvgIpc) is 3.42. The minimum absolute atomic E-state index is 0.160. The van der Waals surface area contributed by atoms with E-state index in [2.05, 4.69) is 15.4 Å². The molecule has 0 bridgehead atoms. The Morgan fingerprint density at radius 3 is 2.16 bits per heavy atom. The van der Waals surface area contributed by atoms with Crippen molar-refractivity contribution in [1.82, 2.24) is 24.8 Å². The largest absolute Gasteiger partial charge is 0.433 e. The predicted octanol–water partition coefficient (Wildman–Crippen LogP) is 4.77. The van der Waals surface area contributed by atoms with Crippen LogP contribution in [-0.4, -0.2) is 30.9 Å². The molecule has 2 aromatic heterocycles. The third kappa shape index (κ3) is 4.93. The number of hydrogen-bond acceptors (Lipinski definition) is 5. The second kappa shape index (κ2) is 9.59. The number of halogens is 4. The number of aryl methyl sites for hydroxylation is 1. The van der Waals surface area contributed by atoms with Crippen LogP contribution in [-0.2, 0) is 22.2 Å². The molecule has 32 heavy (non-hydrogen) atoms. The van der Waals surface area contributed by atoms with E-state index in [4.69, 9.17) is 21.2 Å². The van der Waals surface area contributed by atoms with Gasteiger partial charge in [0.2, 0.25) is 0 Å². The summed E-state index contributed by atoms with van der Waals surface area (Å²) in [5.41, 5.74) is 1.85. The number of aromatic nitrogens is 5. The molecule has 0 atom stereocenters. The maximum absolute atomic E-state index is 13.5. The molecule has 0 aliphatic rings. The molecule has 2 aromatic carbocycles. The molecule has 0 amide bonds. The van der Waals surface area contributed by atoms with Crippen LogP contribution in [0.2, 0.25) is 5.02 Å². The summed E-state index contributed by atoms with van der Waals surface area (Å²) >= 11 is 5.89. The standard InChI is InChI=1S/C20H15ClF3N5.CO2/c1-2-13-11-25-29(19(13)20(22,23)24)17-7-3-14(4-8-17)18-12-28(27-26-18)16-9-5-15(21)6-10-16;2-1-3/h3-12H,2H2,1H3;. The summed E-state index contributed by atoms with van der Waals surface area (Å²) in [4.78, 5) is 16.2. The van der Waals surface area contributed by atoms with E-state index in [0.717, 1.165) is 15.9 Å². The van der Waals surface area contributed by atoms with E-state index in [0.29, 0.717) is 16.4 Å². The van der Waals surface area contributed by atoms with Crippen LogP contribution in [0.3, 0.4) is 0 Å². The van der Waals surface area contributed by atoms with E-state index in [-0.39, 0.29) is 18.1 Å². The Labute approximate surface area is 185 Å². The molecule has 0 aliphatic heterocycles. The smallest absolute Gasteiger partial charge is 0.228 e. The van der Waals surface area contributed by atoms with Crippen molar-refractivity contribution in [2.24, 2.45) is 0 Å². The van der Waals surface area contributed by atoms with Gasteiger partial charge in [0, 0.05) is 16.1 Å². The Kier molecular flexibility index (Phi) is 6.87. The number of alkyl halides is 3. The van der Waals surface area contributed by atoms with E-state index in [1.807, 2.05) is 12.1 Å². The minimum Gasteiger partial charge on any atom is -0.228 e. The number of rotatable bonds is 4. The zero-order valence-corrected chi connectivity index (χ0v) is 17.3. The molecule has 0 saturated heterocycles. The lowest BCUT2D eigenvalue weighted by Gasteiger charge is -2.12. The van der Waals surface area contributed by atoms with Gasteiger partial charge >= 0.3 is 12.3 Å². The van der Waals surface area contributed by atoms with Gasteiger partial charge in [-0.25, -0.2) is 9.36 Å². The van der Waals surface area contributed by atoms with Gasteiger partial charge in [-0.1, -0.05) is 35.9 Å². The number of nitrogens with zero attached hydrogens (tertiary/aromatic N) is 5. The SMILES string of the molecule is CCc1cnn(-c2ccc(-c3cn(-c4ccc(Cl)cc4)nn3)cc2)c1C(F)(F)F.O=C=O. The van der Waals surface area contributed by atoms with E-state index in [1.54, 1.807) is 54.2 Å². The first kappa shape index (κ1) is 22.9. The van der Waals surface area contributed by atoms with Gasteiger partial charge < -0.3 is 0 Å². The molecular weight excluding hydrogens is 447 g/mol. The van der Waals surface area contributed by atoms with E-state index in [1.165, 1.54) is 6.20 Å². The van der Waals surface area contributed by atoms with Crippen molar-refractivity contribution in [3.63, 3.8) is 0 Å². The van der Waals surface area contributed by atoms with Crippen LogP contribution in [0.1, 0.15) is 18.2 Å². The average molecular weight is 462 g/mol. The van der Waals surface area contributed by atoms with Gasteiger partial charge in [0.1, 0.15) is 5.69 Å². The van der Waals surface area contributed by atoms with Crippen molar-refractivity contribution in [1.29, 1.82) is 0 Å². The molecule has 4 rings (SSSR count). The molecule has 0 fully saturated rings. The van der Waals surface area contributed by atoms with E-state index < -0.39 is 11.9 Å². The van der Waals surface area contributed by atoms with Gasteiger partial charge in [0.15, 0.2) is 5.69 Å². The van der Waals surface area contributed by atoms with Gasteiger partial charge in [-0.05, 0) is 42.8 Å². The number of hydrogen-bond donors (Lipinski definition) is 0. The van der Waals surface area contributed by atoms with Gasteiger partial charge in [0.25, 0.3) is 0 Å². The summed E-state index contributed by atoms with van der Waals surface area (Å²) in [5, 5.41) is 12.8. The predicted molar refractivity (Wildman–Crippen MR) is 108 cm³/mol. The van der Waals surface area contributed by atoms with Crippen LogP contribution in [0.25, 0.3) is 22.6 Å². The monoisotopic (exact) mass is 461 g/mol. The fraction of sp³-hybridized carbons (Fsp3) is 0.143. The van der Waals surface area contributed by atoms with Gasteiger partial charge in [-0.3, -0.25) is 0 Å². The van der Waals surface area contributed by atoms with Crippen molar-refractivity contribution in [3.05, 3.63) is 77.2 Å². The van der Waals surface area contributed by atoms with Gasteiger partial charge in [0.05, 0.1) is 23.8 Å². The second-order valence-corrected chi connectivity index (χ2v) is 6.87. The first-order chi connectivity index (χ1) is 15.3. The van der Waals surface area contributed by atoms with Crippen LogP contribution in [0.15, 0.2) is 60.9 Å². The zero-order chi connectivity index (χ0) is 23.3. The molecule has 0 spiro atoms. The van der Waals surface area contributed by atoms with Gasteiger partial charge in [-0.15, -0.1) is 5.10 Å². The molecule has 0 saturated carbocycles. The molecule has 0 N–H and O–H groups in total. The third-order valence-electron chi connectivity index (χ3n) is 4.49. The summed E-state index contributed by atoms with van der Waals surface area (Å²) in [5.74, 6) is 0. The Bertz CT molecular complexity index is 1230. The van der Waals surface area contributed by atoms with E-state index in [9.17, 15) is 13.2 Å². The lowest BCUT2D eigenvalue weighted by atomic mass is 10.1. The van der Waals surface area contributed by atoms with Crippen molar-refractivity contribution < 1.29 is 22.8 Å². The van der Waals surface area contributed by atoms with Crippen molar-refractivity contribution in [2.75, 3.05) is 0 Å². The first-order valence-electron chi connectivity index (χ1n) is 9.21. The molecular formula is C21H15ClF3N5O2. The molecule has 7 nitrogen and oxygen atoms in total. The Balaban J connectivity index is 0.000000913.